The average molecular weight is 1820 g/mol. The molecule has 4 aliphatic rings. The van der Waals surface area contributed by atoms with Crippen molar-refractivity contribution in [2.45, 2.75) is 12.8 Å². The van der Waals surface area contributed by atoms with Crippen LogP contribution in [0.2, 0.25) is 0 Å². The predicted octanol–water partition coefficient (Wildman–Crippen LogP) is 5.79. The van der Waals surface area contributed by atoms with E-state index in [1.165, 1.54) is 12.1 Å². The zero-order chi connectivity index (χ0) is 92.7. The van der Waals surface area contributed by atoms with Gasteiger partial charge in [0.15, 0.2) is 0 Å². The van der Waals surface area contributed by atoms with Gasteiger partial charge in [-0.1, -0.05) is 12.1 Å². The molecule has 0 spiro atoms. The fourth-order valence-electron chi connectivity index (χ4n) is 12.9. The van der Waals surface area contributed by atoms with Crippen LogP contribution in [0.25, 0.3) is 66.8 Å². The monoisotopic (exact) mass is 1820 g/mol. The number of ether oxygens (including phenoxy) is 18. The van der Waals surface area contributed by atoms with E-state index in [1.807, 2.05) is 148 Å². The standard InChI is InChI=1S/C94H130N8O28/c1-99(2)71-11-17-77-83(65-71)129-84-66-72(100(3)4)12-18-78(84)89(77)75-15-9-69(63-81(75)93(107)108)91(105)97-25-31-115-37-43-121-47-45-117-39-33-111-27-21-87(103)95-23-29-113-35-41-119-49-51-123-53-55-125-57-59-127-61-62-128-60-58-126-56-54-124-52-50-120-42-36-114-30-24-96-88(104)22-28-112-34-40-118-46-48-122-44-38-116-32-26-98-92(106)70-10-16-76(82(64-70)94(109)110)90-79-19-13-73(101(5)6)67-85(79)130-86-68-74(102(7)8)14-20-80(86)90/h9-20,63-68H,21-62H2,1-8H3,(H4-2,95,96,97,98,103,104,105,106,107,108,109,110)/p+2. The first kappa shape index (κ1) is 105. The second-order valence-electron chi connectivity index (χ2n) is 30.1. The second kappa shape index (κ2) is 61.6. The fraction of sp³-hybridized carbons (Fsp3) is 0.532. The maximum atomic E-state index is 13.2. The number of nitrogens with one attached hydrogen (secondary N) is 4. The third kappa shape index (κ3) is 38.4. The van der Waals surface area contributed by atoms with E-state index >= 15 is 0 Å². The normalized spacial score (nSPS) is 11.5. The minimum absolute atomic E-state index is 0.0137. The van der Waals surface area contributed by atoms with Gasteiger partial charge in [0.2, 0.25) is 22.5 Å². The van der Waals surface area contributed by atoms with Crippen molar-refractivity contribution in [3.05, 3.63) is 142 Å². The van der Waals surface area contributed by atoms with Gasteiger partial charge in [0.05, 0.1) is 261 Å². The van der Waals surface area contributed by atoms with Crippen LogP contribution in [0.5, 0.6) is 0 Å². The molecular weight excluding hydrogens is 1690 g/mol. The molecule has 0 saturated heterocycles. The first-order chi connectivity index (χ1) is 63.3. The summed E-state index contributed by atoms with van der Waals surface area (Å²) in [7, 11) is 15.5. The number of aromatic carboxylic acids is 2. The Kier molecular flexibility index (Phi) is 49.9. The predicted molar refractivity (Wildman–Crippen MR) is 488 cm³/mol. The molecule has 6 N–H and O–H groups in total. The molecule has 0 aromatic heterocycles. The van der Waals surface area contributed by atoms with Crippen molar-refractivity contribution in [1.82, 2.24) is 30.4 Å². The van der Waals surface area contributed by atoms with Crippen molar-refractivity contribution >= 4 is 68.9 Å². The minimum atomic E-state index is -1.16. The molecule has 0 fully saturated rings. The Balaban J connectivity index is 0.476. The first-order valence-electron chi connectivity index (χ1n) is 43.9. The third-order valence-corrected chi connectivity index (χ3v) is 19.7. The number of nitrogens with zero attached hydrogens (tertiary/aromatic N) is 4. The Morgan fingerprint density at radius 1 is 0.292 bits per heavy atom. The van der Waals surface area contributed by atoms with E-state index in [0.29, 0.717) is 269 Å². The number of carbonyl (C=O) groups excluding carboxylic acids is 4. The Hall–Kier alpha value is -10.0. The Morgan fingerprint density at radius 2 is 0.538 bits per heavy atom. The third-order valence-electron chi connectivity index (χ3n) is 19.7. The van der Waals surface area contributed by atoms with Crippen molar-refractivity contribution in [3.8, 4) is 44.9 Å². The highest BCUT2D eigenvalue weighted by molar-refractivity contribution is 6.11. The summed E-state index contributed by atoms with van der Waals surface area (Å²) in [6.07, 6.45) is 0.420. The second-order valence-corrected chi connectivity index (χ2v) is 30.1. The quantitative estimate of drug-likeness (QED) is 0.0149. The van der Waals surface area contributed by atoms with E-state index in [4.69, 9.17) is 94.1 Å². The molecule has 2 aliphatic carbocycles. The number of amides is 4. The van der Waals surface area contributed by atoms with Crippen molar-refractivity contribution in [2.75, 3.05) is 330 Å². The summed E-state index contributed by atoms with van der Waals surface area (Å²) in [5.41, 5.74) is 7.24. The van der Waals surface area contributed by atoms with Crippen LogP contribution in [0.3, 0.4) is 0 Å². The van der Waals surface area contributed by atoms with Gasteiger partial charge in [0.1, 0.15) is 50.9 Å². The van der Waals surface area contributed by atoms with Gasteiger partial charge in [0, 0.05) is 147 Å². The maximum Gasteiger partial charge on any atom is 0.336 e. The van der Waals surface area contributed by atoms with Gasteiger partial charge in [-0.2, -0.15) is 0 Å². The summed E-state index contributed by atoms with van der Waals surface area (Å²) in [5, 5.41) is 35.4. The van der Waals surface area contributed by atoms with Crippen LogP contribution in [-0.4, -0.2) is 366 Å². The molecule has 0 atom stereocenters. The lowest BCUT2D eigenvalue weighted by molar-refractivity contribution is -0.123. The number of carboxylic acid groups (broad SMARTS) is 2. The molecule has 2 aliphatic heterocycles. The molecule has 36 heteroatoms. The van der Waals surface area contributed by atoms with Crippen molar-refractivity contribution in [2.24, 2.45) is 0 Å². The summed E-state index contributed by atoms with van der Waals surface area (Å²) < 4.78 is 117. The van der Waals surface area contributed by atoms with E-state index in [-0.39, 0.29) is 86.4 Å². The minimum Gasteiger partial charge on any atom is -0.478 e. The van der Waals surface area contributed by atoms with Crippen molar-refractivity contribution in [3.63, 3.8) is 0 Å². The van der Waals surface area contributed by atoms with Crippen LogP contribution < -0.4 is 50.9 Å². The summed E-state index contributed by atoms with van der Waals surface area (Å²) in [4.78, 5) is 80.2. The van der Waals surface area contributed by atoms with Crippen LogP contribution in [0.4, 0.5) is 11.4 Å². The van der Waals surface area contributed by atoms with Gasteiger partial charge in [-0.05, 0) is 71.8 Å². The van der Waals surface area contributed by atoms with Gasteiger partial charge in [0.25, 0.3) is 11.8 Å². The molecule has 2 heterocycles. The van der Waals surface area contributed by atoms with Gasteiger partial charge in [-0.3, -0.25) is 19.2 Å². The van der Waals surface area contributed by atoms with Gasteiger partial charge < -0.3 is 135 Å². The van der Waals surface area contributed by atoms with Gasteiger partial charge in [-0.15, -0.1) is 0 Å². The molecular formula is C94H132N8O28+2. The molecule has 0 radical (unpaired) electrons. The zero-order valence-electron chi connectivity index (χ0n) is 76.4. The topological polar surface area (TPSA) is 396 Å². The summed E-state index contributed by atoms with van der Waals surface area (Å²) in [6, 6.07) is 32.7. The van der Waals surface area contributed by atoms with Crippen molar-refractivity contribution < 1.29 is 133 Å². The van der Waals surface area contributed by atoms with E-state index in [0.717, 1.165) is 44.0 Å². The molecule has 4 amide bonds. The SMILES string of the molecule is CN(C)c1ccc2c(-c3ccc(C(=O)NCCOCCOCCOCCOCCC(=O)NCCOCCOCCOCCOCCOCCOCCOCCOCCOCCOCCNC(=O)CCOCCOCCOCCOCCNC(=O)c4ccc(-c5c6ccc(=[N+](C)C)cc-6oc6cc(N(C)C)ccc56)c(C(=O)O)c4)cc3C(=O)O)c3ccc(=[N+](C)C)cc-3oc2c1. The van der Waals surface area contributed by atoms with Crippen molar-refractivity contribution in [1.29, 1.82) is 0 Å². The number of hydrogen-bond acceptors (Lipinski definition) is 28. The molecule has 0 unspecified atom stereocenters. The fourth-order valence-corrected chi connectivity index (χ4v) is 12.9. The number of benzene rings is 6. The molecule has 8 rings (SSSR count). The number of anilines is 2. The van der Waals surface area contributed by atoms with Crippen LogP contribution in [0.15, 0.2) is 118 Å². The average Bonchev–Trinajstić information content (AvgIpc) is 0.748. The molecule has 0 bridgehead atoms. The lowest BCUT2D eigenvalue weighted by atomic mass is 9.89. The highest BCUT2D eigenvalue weighted by atomic mass is 16.6. The van der Waals surface area contributed by atoms with Gasteiger partial charge in [-0.25, -0.2) is 18.7 Å². The number of rotatable bonds is 71. The van der Waals surface area contributed by atoms with Crippen LogP contribution in [0, 0.1) is 0 Å². The lowest BCUT2D eigenvalue weighted by Crippen LogP contribution is -2.28. The van der Waals surface area contributed by atoms with E-state index in [1.54, 1.807) is 24.3 Å². The maximum absolute atomic E-state index is 13.2. The lowest BCUT2D eigenvalue weighted by Gasteiger charge is -2.19. The van der Waals surface area contributed by atoms with E-state index in [9.17, 15) is 39.0 Å². The van der Waals surface area contributed by atoms with Crippen LogP contribution in [-0.2, 0) is 94.9 Å². The smallest absolute Gasteiger partial charge is 0.336 e. The molecule has 714 valence electrons. The summed E-state index contributed by atoms with van der Waals surface area (Å²) in [5.74, 6) is -2.27. The summed E-state index contributed by atoms with van der Waals surface area (Å²) >= 11 is 0. The highest BCUT2D eigenvalue weighted by Crippen LogP contribution is 2.44. The van der Waals surface area contributed by atoms with Crippen LogP contribution >= 0.6 is 0 Å². The number of carbonyl (C=O) groups is 6. The number of hydrogen-bond donors (Lipinski definition) is 6. The largest absolute Gasteiger partial charge is 0.478 e. The Bertz CT molecular complexity index is 4510. The Morgan fingerprint density at radius 3 is 0.792 bits per heavy atom. The summed E-state index contributed by atoms with van der Waals surface area (Å²) in [6.45, 7) is 14.4. The van der Waals surface area contributed by atoms with Gasteiger partial charge >= 0.3 is 11.9 Å². The highest BCUT2D eigenvalue weighted by Gasteiger charge is 2.27. The molecule has 4 aromatic carbocycles. The molecule has 0 saturated carbocycles. The Labute approximate surface area is 759 Å². The zero-order valence-corrected chi connectivity index (χ0v) is 76.4. The van der Waals surface area contributed by atoms with E-state index < -0.39 is 23.8 Å². The number of carboxylic acids is 2. The molecule has 130 heavy (non-hydrogen) atoms. The van der Waals surface area contributed by atoms with Crippen LogP contribution in [0.1, 0.15) is 54.3 Å². The molecule has 36 nitrogen and oxygen atoms in total. The van der Waals surface area contributed by atoms with E-state index in [2.05, 4.69) is 21.3 Å². The first-order valence-corrected chi connectivity index (χ1v) is 43.9. The number of fused-ring (bicyclic) bond motifs is 4. The molecule has 4 aromatic rings.